The van der Waals surface area contributed by atoms with Crippen LogP contribution in [0.5, 0.6) is 0 Å². The number of hydrogen-bond acceptors (Lipinski definition) is 5. The summed E-state index contributed by atoms with van der Waals surface area (Å²) < 4.78 is 5.92. The zero-order valence-corrected chi connectivity index (χ0v) is 9.03. The highest BCUT2D eigenvalue weighted by molar-refractivity contribution is 5.76. The van der Waals surface area contributed by atoms with Crippen LogP contribution >= 0.6 is 0 Å². The third kappa shape index (κ3) is 2.08. The highest BCUT2D eigenvalue weighted by atomic mass is 16.6. The van der Waals surface area contributed by atoms with Gasteiger partial charge in [0.05, 0.1) is 16.9 Å². The fourth-order valence-corrected chi connectivity index (χ4v) is 1.58. The molecule has 0 saturated carbocycles. The molecule has 0 amide bonds. The van der Waals surface area contributed by atoms with Gasteiger partial charge in [0.1, 0.15) is 0 Å². The molecular formula is C10H8N2O6. The first-order valence-electron chi connectivity index (χ1n) is 4.98. The predicted molar refractivity (Wildman–Crippen MR) is 59.4 cm³/mol. The molecule has 0 aliphatic rings. The molecule has 0 aliphatic carbocycles. The maximum absolute atomic E-state index is 11.5. The van der Waals surface area contributed by atoms with Gasteiger partial charge in [-0.25, -0.2) is 4.79 Å². The molecule has 2 rings (SSSR count). The van der Waals surface area contributed by atoms with E-state index in [1.165, 1.54) is 18.2 Å². The minimum Gasteiger partial charge on any atom is -0.481 e. The summed E-state index contributed by atoms with van der Waals surface area (Å²) in [6.07, 6.45) is -0.267. The van der Waals surface area contributed by atoms with Gasteiger partial charge in [-0.3, -0.25) is 19.5 Å². The van der Waals surface area contributed by atoms with Crippen LogP contribution in [0.15, 0.2) is 27.4 Å². The molecule has 0 fully saturated rings. The zero-order chi connectivity index (χ0) is 13.3. The fraction of sp³-hybridized carbons (Fsp3) is 0.200. The van der Waals surface area contributed by atoms with Gasteiger partial charge in [-0.05, 0) is 6.07 Å². The minimum absolute atomic E-state index is 0.0949. The average Bonchev–Trinajstić information content (AvgIpc) is 2.60. The number of aromatic nitrogens is 1. The van der Waals surface area contributed by atoms with E-state index in [1.807, 2.05) is 0 Å². The molecule has 0 saturated heterocycles. The average molecular weight is 252 g/mol. The van der Waals surface area contributed by atoms with Crippen molar-refractivity contribution in [2.45, 2.75) is 13.0 Å². The van der Waals surface area contributed by atoms with Crippen LogP contribution in [0.2, 0.25) is 0 Å². The first-order valence-corrected chi connectivity index (χ1v) is 4.98. The molecule has 0 unspecified atom stereocenters. The van der Waals surface area contributed by atoms with Crippen molar-refractivity contribution in [2.75, 3.05) is 0 Å². The van der Waals surface area contributed by atoms with Crippen molar-refractivity contribution >= 4 is 22.8 Å². The topological polar surface area (TPSA) is 116 Å². The van der Waals surface area contributed by atoms with Crippen LogP contribution in [0.4, 0.5) is 5.69 Å². The number of aryl methyl sites for hydroxylation is 1. The lowest BCUT2D eigenvalue weighted by molar-refractivity contribution is -0.384. The normalized spacial score (nSPS) is 10.7. The Labute approximate surface area is 99.2 Å². The van der Waals surface area contributed by atoms with Gasteiger partial charge in [0.25, 0.3) is 5.69 Å². The third-order valence-corrected chi connectivity index (χ3v) is 2.41. The molecular weight excluding hydrogens is 244 g/mol. The Bertz CT molecular complexity index is 683. The summed E-state index contributed by atoms with van der Waals surface area (Å²) in [6, 6.07) is 3.71. The van der Waals surface area contributed by atoms with Gasteiger partial charge >= 0.3 is 11.7 Å². The number of carboxylic acids is 1. The van der Waals surface area contributed by atoms with Crippen LogP contribution in [0.3, 0.4) is 0 Å². The number of nitro groups is 1. The lowest BCUT2D eigenvalue weighted by Gasteiger charge is -1.98. The lowest BCUT2D eigenvalue weighted by Crippen LogP contribution is -2.16. The number of nitro benzene ring substituents is 1. The molecule has 0 aliphatic heterocycles. The Balaban J connectivity index is 2.53. The summed E-state index contributed by atoms with van der Waals surface area (Å²) in [5.41, 5.74) is 0.221. The van der Waals surface area contributed by atoms with Gasteiger partial charge in [-0.1, -0.05) is 0 Å². The number of carboxylic acid groups (broad SMARTS) is 1. The molecule has 1 N–H and O–H groups in total. The van der Waals surface area contributed by atoms with Crippen LogP contribution in [-0.2, 0) is 11.3 Å². The number of benzene rings is 1. The van der Waals surface area contributed by atoms with E-state index in [2.05, 4.69) is 0 Å². The quantitative estimate of drug-likeness (QED) is 0.640. The highest BCUT2D eigenvalue weighted by Gasteiger charge is 2.14. The van der Waals surface area contributed by atoms with E-state index in [1.54, 1.807) is 0 Å². The number of rotatable bonds is 4. The maximum atomic E-state index is 11.5. The molecule has 18 heavy (non-hydrogen) atoms. The summed E-state index contributed by atoms with van der Waals surface area (Å²) in [7, 11) is 0. The second-order valence-electron chi connectivity index (χ2n) is 3.57. The van der Waals surface area contributed by atoms with E-state index in [9.17, 15) is 19.7 Å². The second-order valence-corrected chi connectivity index (χ2v) is 3.57. The van der Waals surface area contributed by atoms with Crippen molar-refractivity contribution in [3.63, 3.8) is 0 Å². The monoisotopic (exact) mass is 252 g/mol. The van der Waals surface area contributed by atoms with Crippen molar-refractivity contribution < 1.29 is 19.2 Å². The van der Waals surface area contributed by atoms with Gasteiger partial charge in [0.2, 0.25) is 0 Å². The summed E-state index contributed by atoms with van der Waals surface area (Å²) >= 11 is 0. The van der Waals surface area contributed by atoms with Gasteiger partial charge in [0.15, 0.2) is 5.58 Å². The summed E-state index contributed by atoms with van der Waals surface area (Å²) in [6.45, 7) is -0.0949. The van der Waals surface area contributed by atoms with E-state index < -0.39 is 16.6 Å². The highest BCUT2D eigenvalue weighted by Crippen LogP contribution is 2.20. The van der Waals surface area contributed by atoms with Crippen molar-refractivity contribution in [3.05, 3.63) is 38.9 Å². The minimum atomic E-state index is -1.07. The molecule has 8 heteroatoms. The zero-order valence-electron chi connectivity index (χ0n) is 9.03. The van der Waals surface area contributed by atoms with Crippen molar-refractivity contribution in [1.29, 1.82) is 0 Å². The van der Waals surface area contributed by atoms with E-state index in [4.69, 9.17) is 9.52 Å². The van der Waals surface area contributed by atoms with Crippen LogP contribution in [0.25, 0.3) is 11.1 Å². The van der Waals surface area contributed by atoms with Crippen molar-refractivity contribution in [3.8, 4) is 0 Å². The van der Waals surface area contributed by atoms with Crippen LogP contribution in [0.1, 0.15) is 6.42 Å². The fourth-order valence-electron chi connectivity index (χ4n) is 1.58. The van der Waals surface area contributed by atoms with E-state index in [-0.39, 0.29) is 29.8 Å². The number of nitrogens with zero attached hydrogens (tertiary/aromatic N) is 2. The molecule has 0 atom stereocenters. The Morgan fingerprint density at radius 2 is 2.22 bits per heavy atom. The Morgan fingerprint density at radius 1 is 1.50 bits per heavy atom. The summed E-state index contributed by atoms with van der Waals surface area (Å²) in [5, 5.41) is 19.2. The molecule has 0 radical (unpaired) electrons. The molecule has 2 aromatic rings. The first-order chi connectivity index (χ1) is 8.49. The van der Waals surface area contributed by atoms with Crippen LogP contribution < -0.4 is 5.76 Å². The van der Waals surface area contributed by atoms with Gasteiger partial charge in [0, 0.05) is 18.7 Å². The second kappa shape index (κ2) is 4.32. The van der Waals surface area contributed by atoms with Gasteiger partial charge in [-0.2, -0.15) is 0 Å². The van der Waals surface area contributed by atoms with Crippen LogP contribution in [0, 0.1) is 10.1 Å². The third-order valence-electron chi connectivity index (χ3n) is 2.41. The largest absolute Gasteiger partial charge is 0.481 e. The predicted octanol–water partition coefficient (Wildman–Crippen LogP) is 0.977. The number of aliphatic carboxylic acids is 1. The SMILES string of the molecule is O=C(O)CCn1c(=O)oc2ccc([N+](=O)[O-])cc21. The van der Waals surface area contributed by atoms with Crippen molar-refractivity contribution in [1.82, 2.24) is 4.57 Å². The summed E-state index contributed by atoms with van der Waals surface area (Å²) in [4.78, 5) is 32.0. The Kier molecular flexibility index (Phi) is 2.84. The summed E-state index contributed by atoms with van der Waals surface area (Å²) in [5.74, 6) is -1.80. The number of carbonyl (C=O) groups is 1. The lowest BCUT2D eigenvalue weighted by atomic mass is 10.3. The molecule has 1 heterocycles. The Hall–Kier alpha value is -2.64. The molecule has 0 bridgehead atoms. The van der Waals surface area contributed by atoms with E-state index >= 15 is 0 Å². The van der Waals surface area contributed by atoms with Crippen LogP contribution in [-0.4, -0.2) is 20.6 Å². The van der Waals surface area contributed by atoms with Crippen molar-refractivity contribution in [2.24, 2.45) is 0 Å². The molecule has 8 nitrogen and oxygen atoms in total. The smallest absolute Gasteiger partial charge is 0.419 e. The Morgan fingerprint density at radius 3 is 2.83 bits per heavy atom. The number of hydrogen-bond donors (Lipinski definition) is 1. The number of fused-ring (bicyclic) bond motifs is 1. The molecule has 94 valence electrons. The molecule has 0 spiro atoms. The number of non-ortho nitro benzene ring substituents is 1. The molecule has 1 aromatic carbocycles. The molecule has 1 aromatic heterocycles. The van der Waals surface area contributed by atoms with Gasteiger partial charge in [-0.15, -0.1) is 0 Å². The maximum Gasteiger partial charge on any atom is 0.419 e. The standard InChI is InChI=1S/C10H8N2O6/c13-9(14)3-4-11-7-5-6(12(16)17)1-2-8(7)18-10(11)15/h1-2,5H,3-4H2,(H,13,14). The number of oxazole rings is 1. The first kappa shape index (κ1) is 11.8. The van der Waals surface area contributed by atoms with E-state index in [0.29, 0.717) is 0 Å². The van der Waals surface area contributed by atoms with E-state index in [0.717, 1.165) is 4.57 Å². The van der Waals surface area contributed by atoms with Gasteiger partial charge < -0.3 is 9.52 Å².